The molecule has 0 spiro atoms. The normalized spacial score (nSPS) is 12.1. The Kier molecular flexibility index (Phi) is 7.19. The minimum atomic E-state index is -4.04. The van der Waals surface area contributed by atoms with E-state index in [-0.39, 0.29) is 36.0 Å². The maximum atomic E-state index is 13.9. The summed E-state index contributed by atoms with van der Waals surface area (Å²) in [4.78, 5) is 13.5. The van der Waals surface area contributed by atoms with E-state index < -0.39 is 15.9 Å². The molecule has 1 heterocycles. The van der Waals surface area contributed by atoms with Gasteiger partial charge >= 0.3 is 0 Å². The van der Waals surface area contributed by atoms with Crippen molar-refractivity contribution in [2.45, 2.75) is 18.0 Å². The van der Waals surface area contributed by atoms with Crippen LogP contribution in [0.1, 0.15) is 21.5 Å². The Labute approximate surface area is 221 Å². The number of carbonyl (C=O) groups is 1. The minimum Gasteiger partial charge on any atom is -0.497 e. The van der Waals surface area contributed by atoms with Crippen molar-refractivity contribution >= 4 is 21.6 Å². The smallest absolute Gasteiger partial charge is 0.264 e. The van der Waals surface area contributed by atoms with Gasteiger partial charge in [0.2, 0.25) is 6.79 Å². The van der Waals surface area contributed by atoms with E-state index >= 15 is 0 Å². The first-order chi connectivity index (χ1) is 18.5. The van der Waals surface area contributed by atoms with Crippen LogP contribution in [0.5, 0.6) is 17.2 Å². The minimum absolute atomic E-state index is 0.0433. The Morgan fingerprint density at radius 3 is 2.34 bits per heavy atom. The van der Waals surface area contributed by atoms with Crippen molar-refractivity contribution in [3.63, 3.8) is 0 Å². The third kappa shape index (κ3) is 5.28. The third-order valence-corrected chi connectivity index (χ3v) is 7.90. The first-order valence-corrected chi connectivity index (χ1v) is 13.4. The predicted molar refractivity (Wildman–Crippen MR) is 143 cm³/mol. The van der Waals surface area contributed by atoms with Gasteiger partial charge in [0.25, 0.3) is 15.9 Å². The van der Waals surface area contributed by atoms with E-state index in [4.69, 9.17) is 14.2 Å². The van der Waals surface area contributed by atoms with Crippen molar-refractivity contribution in [3.05, 3.63) is 114 Å². The van der Waals surface area contributed by atoms with E-state index in [1.54, 1.807) is 42.5 Å². The molecule has 38 heavy (non-hydrogen) atoms. The molecule has 1 aliphatic rings. The van der Waals surface area contributed by atoms with E-state index in [9.17, 15) is 13.2 Å². The van der Waals surface area contributed by atoms with Crippen molar-refractivity contribution in [1.29, 1.82) is 0 Å². The van der Waals surface area contributed by atoms with Crippen LogP contribution in [-0.4, -0.2) is 28.2 Å². The van der Waals surface area contributed by atoms with E-state index in [1.165, 1.54) is 23.5 Å². The fourth-order valence-corrected chi connectivity index (χ4v) is 5.61. The molecule has 1 N–H and O–H groups in total. The summed E-state index contributed by atoms with van der Waals surface area (Å²) in [5, 5.41) is 2.90. The molecule has 0 aliphatic carbocycles. The van der Waals surface area contributed by atoms with Crippen LogP contribution in [0.4, 0.5) is 5.69 Å². The molecular weight excluding hydrogens is 504 g/mol. The van der Waals surface area contributed by atoms with Crippen molar-refractivity contribution in [3.8, 4) is 17.2 Å². The lowest BCUT2D eigenvalue weighted by Gasteiger charge is -2.26. The molecule has 194 valence electrons. The van der Waals surface area contributed by atoms with Gasteiger partial charge in [0, 0.05) is 6.54 Å². The van der Waals surface area contributed by atoms with E-state index in [0.29, 0.717) is 17.2 Å². The predicted octanol–water partition coefficient (Wildman–Crippen LogP) is 4.75. The molecule has 9 heteroatoms. The summed E-state index contributed by atoms with van der Waals surface area (Å²) in [5.74, 6) is 1.42. The Hall–Kier alpha value is -4.50. The Morgan fingerprint density at radius 2 is 1.58 bits per heavy atom. The summed E-state index contributed by atoms with van der Waals surface area (Å²) in [6.45, 7) is 0.438. The molecule has 1 amide bonds. The van der Waals surface area contributed by atoms with Crippen LogP contribution in [0.3, 0.4) is 0 Å². The van der Waals surface area contributed by atoms with Gasteiger partial charge in [-0.2, -0.15) is 0 Å². The molecule has 0 bridgehead atoms. The zero-order chi connectivity index (χ0) is 26.5. The highest BCUT2D eigenvalue weighted by Gasteiger charge is 2.29. The number of benzene rings is 4. The number of para-hydroxylation sites is 1. The first kappa shape index (κ1) is 25.2. The Balaban J connectivity index is 1.47. The number of carbonyl (C=O) groups excluding carboxylic acids is 1. The first-order valence-electron chi connectivity index (χ1n) is 11.9. The van der Waals surface area contributed by atoms with Gasteiger partial charge in [-0.3, -0.25) is 9.10 Å². The highest BCUT2D eigenvalue weighted by molar-refractivity contribution is 7.92. The molecule has 0 saturated heterocycles. The van der Waals surface area contributed by atoms with Gasteiger partial charge in [-0.05, 0) is 59.7 Å². The molecular formula is C29H26N2O6S. The quantitative estimate of drug-likeness (QED) is 0.336. The van der Waals surface area contributed by atoms with Crippen LogP contribution < -0.4 is 23.8 Å². The second-order valence-electron chi connectivity index (χ2n) is 8.56. The molecule has 0 fully saturated rings. The average Bonchev–Trinajstić information content (AvgIpc) is 3.43. The molecule has 8 nitrogen and oxygen atoms in total. The Bertz CT molecular complexity index is 1540. The van der Waals surface area contributed by atoms with Crippen molar-refractivity contribution in [1.82, 2.24) is 5.32 Å². The molecule has 0 aromatic heterocycles. The van der Waals surface area contributed by atoms with Gasteiger partial charge in [-0.1, -0.05) is 48.5 Å². The van der Waals surface area contributed by atoms with Crippen molar-refractivity contribution < 1.29 is 27.4 Å². The van der Waals surface area contributed by atoms with Crippen LogP contribution in [0.15, 0.2) is 102 Å². The number of rotatable bonds is 9. The van der Waals surface area contributed by atoms with Crippen molar-refractivity contribution in [2.75, 3.05) is 18.2 Å². The molecule has 0 unspecified atom stereocenters. The monoisotopic (exact) mass is 530 g/mol. The maximum absolute atomic E-state index is 13.9. The van der Waals surface area contributed by atoms with E-state index in [1.807, 2.05) is 42.5 Å². The van der Waals surface area contributed by atoms with Gasteiger partial charge in [0.05, 0.1) is 29.8 Å². The van der Waals surface area contributed by atoms with Crippen LogP contribution >= 0.6 is 0 Å². The van der Waals surface area contributed by atoms with Crippen LogP contribution in [-0.2, 0) is 23.1 Å². The van der Waals surface area contributed by atoms with Gasteiger partial charge in [0.15, 0.2) is 11.5 Å². The zero-order valence-electron chi connectivity index (χ0n) is 20.7. The number of anilines is 1. The second kappa shape index (κ2) is 10.9. The lowest BCUT2D eigenvalue weighted by Crippen LogP contribution is -2.33. The van der Waals surface area contributed by atoms with Gasteiger partial charge < -0.3 is 19.5 Å². The summed E-state index contributed by atoms with van der Waals surface area (Å²) in [5.41, 5.74) is 2.11. The highest BCUT2D eigenvalue weighted by Crippen LogP contribution is 2.33. The number of methoxy groups -OCH3 is 1. The number of hydrogen-bond acceptors (Lipinski definition) is 6. The zero-order valence-corrected chi connectivity index (χ0v) is 21.5. The molecule has 4 aromatic rings. The summed E-state index contributed by atoms with van der Waals surface area (Å²) in [6.07, 6.45) is 0. The van der Waals surface area contributed by atoms with Crippen molar-refractivity contribution in [2.24, 2.45) is 0 Å². The Morgan fingerprint density at radius 1 is 0.868 bits per heavy atom. The molecule has 0 atom stereocenters. The number of sulfonamides is 1. The van der Waals surface area contributed by atoms with Gasteiger partial charge in [-0.15, -0.1) is 0 Å². The number of hydrogen-bond donors (Lipinski definition) is 1. The summed E-state index contributed by atoms with van der Waals surface area (Å²) in [7, 11) is -2.52. The number of ether oxygens (including phenoxy) is 3. The SMILES string of the molecule is COc1ccc(S(=O)(=O)N(Cc2ccccc2)c2ccccc2C(=O)NCc2ccc3c(c2)OCO3)cc1. The lowest BCUT2D eigenvalue weighted by atomic mass is 10.1. The standard InChI is InChI=1S/C29H26N2O6S/c1-35-23-12-14-24(15-13-23)38(33,34)31(19-21-7-3-2-4-8-21)26-10-6-5-9-25(26)29(32)30-18-22-11-16-27-28(17-22)37-20-36-27/h2-17H,18-20H2,1H3,(H,30,32). The molecule has 1 aliphatic heterocycles. The second-order valence-corrected chi connectivity index (χ2v) is 10.4. The highest BCUT2D eigenvalue weighted by atomic mass is 32.2. The molecule has 0 radical (unpaired) electrons. The van der Waals surface area contributed by atoms with Crippen LogP contribution in [0.25, 0.3) is 0 Å². The molecule has 5 rings (SSSR count). The largest absolute Gasteiger partial charge is 0.497 e. The third-order valence-electron chi connectivity index (χ3n) is 6.12. The van der Waals surface area contributed by atoms with E-state index in [0.717, 1.165) is 11.1 Å². The molecule has 4 aromatic carbocycles. The topological polar surface area (TPSA) is 94.2 Å². The van der Waals surface area contributed by atoms with E-state index in [2.05, 4.69) is 5.32 Å². The lowest BCUT2D eigenvalue weighted by molar-refractivity contribution is 0.0951. The fourth-order valence-electron chi connectivity index (χ4n) is 4.14. The summed E-state index contributed by atoms with van der Waals surface area (Å²) < 4.78 is 45.1. The van der Waals surface area contributed by atoms with Crippen LogP contribution in [0, 0.1) is 0 Å². The number of amides is 1. The van der Waals surface area contributed by atoms with Gasteiger partial charge in [-0.25, -0.2) is 8.42 Å². The summed E-state index contributed by atoms with van der Waals surface area (Å²) >= 11 is 0. The number of nitrogens with zero attached hydrogens (tertiary/aromatic N) is 1. The summed E-state index contributed by atoms with van der Waals surface area (Å²) in [6, 6.07) is 27.5. The average molecular weight is 531 g/mol. The maximum Gasteiger partial charge on any atom is 0.264 e. The van der Waals surface area contributed by atoms with Gasteiger partial charge in [0.1, 0.15) is 5.75 Å². The molecule has 0 saturated carbocycles. The number of nitrogens with one attached hydrogen (secondary N) is 1. The number of fused-ring (bicyclic) bond motifs is 1. The van der Waals surface area contributed by atoms with Crippen LogP contribution in [0.2, 0.25) is 0 Å². The fraction of sp³-hybridized carbons (Fsp3) is 0.138.